The van der Waals surface area contributed by atoms with Crippen LogP contribution < -0.4 is 4.90 Å². The van der Waals surface area contributed by atoms with E-state index in [1.165, 1.54) is 11.1 Å². The van der Waals surface area contributed by atoms with Gasteiger partial charge in [0.15, 0.2) is 0 Å². The molecule has 2 heterocycles. The number of amides is 2. The molecule has 2 atom stereocenters. The number of rotatable bonds is 4. The van der Waals surface area contributed by atoms with Gasteiger partial charge in [-0.05, 0) is 67.1 Å². The number of piperazine rings is 1. The third-order valence-corrected chi connectivity index (χ3v) is 7.99. The summed E-state index contributed by atoms with van der Waals surface area (Å²) >= 11 is 0. The molecular weight excluding hydrogens is 474 g/mol. The molecule has 0 aromatic heterocycles. The predicted molar refractivity (Wildman–Crippen MR) is 151 cm³/mol. The lowest BCUT2D eigenvalue weighted by atomic mass is 9.91. The van der Waals surface area contributed by atoms with Gasteiger partial charge in [-0.2, -0.15) is 0 Å². The van der Waals surface area contributed by atoms with Crippen molar-refractivity contribution in [3.63, 3.8) is 0 Å². The fraction of sp³-hybridized carbons (Fsp3) is 0.375. The van der Waals surface area contributed by atoms with Crippen LogP contribution in [0.1, 0.15) is 64.8 Å². The molecular formula is C32H37N3O3. The molecule has 0 saturated carbocycles. The molecule has 3 aromatic rings. The summed E-state index contributed by atoms with van der Waals surface area (Å²) in [7, 11) is 0. The van der Waals surface area contributed by atoms with Crippen molar-refractivity contribution in [3.05, 3.63) is 101 Å². The molecule has 2 aliphatic rings. The van der Waals surface area contributed by atoms with E-state index in [9.17, 15) is 9.59 Å². The van der Waals surface area contributed by atoms with Crippen LogP contribution in [0.25, 0.3) is 0 Å². The summed E-state index contributed by atoms with van der Waals surface area (Å²) in [5, 5.41) is 0. The maximum absolute atomic E-state index is 13.1. The molecule has 0 bridgehead atoms. The Kier molecular flexibility index (Phi) is 7.68. The van der Waals surface area contributed by atoms with Gasteiger partial charge < -0.3 is 19.4 Å². The van der Waals surface area contributed by atoms with E-state index in [1.54, 1.807) is 0 Å². The van der Waals surface area contributed by atoms with Gasteiger partial charge in [-0.25, -0.2) is 4.79 Å². The largest absolute Gasteiger partial charge is 0.445 e. The third-order valence-electron chi connectivity index (χ3n) is 7.99. The summed E-state index contributed by atoms with van der Waals surface area (Å²) in [5.41, 5.74) is 6.51. The summed E-state index contributed by atoms with van der Waals surface area (Å²) in [5.74, 6) is 0.455. The highest BCUT2D eigenvalue weighted by atomic mass is 16.6. The number of benzene rings is 3. The minimum absolute atomic E-state index is 0.0809. The number of carbonyl (C=O) groups excluding carboxylic acids is 2. The van der Waals surface area contributed by atoms with E-state index in [4.69, 9.17) is 4.74 Å². The van der Waals surface area contributed by atoms with E-state index in [0.29, 0.717) is 25.6 Å². The number of nitrogens with zero attached hydrogens (tertiary/aromatic N) is 3. The minimum Gasteiger partial charge on any atom is -0.445 e. The topological polar surface area (TPSA) is 53.1 Å². The van der Waals surface area contributed by atoms with Crippen molar-refractivity contribution in [2.24, 2.45) is 0 Å². The van der Waals surface area contributed by atoms with Gasteiger partial charge in [0.1, 0.15) is 6.61 Å². The lowest BCUT2D eigenvalue weighted by Gasteiger charge is -2.37. The molecule has 5 rings (SSSR count). The molecule has 0 radical (unpaired) electrons. The summed E-state index contributed by atoms with van der Waals surface area (Å²) in [6.45, 7) is 10.2. The second-order valence-electron chi connectivity index (χ2n) is 10.6. The number of ether oxygens (including phenoxy) is 1. The first-order valence-corrected chi connectivity index (χ1v) is 13.6. The van der Waals surface area contributed by atoms with Crippen LogP contribution in [0.5, 0.6) is 0 Å². The highest BCUT2D eigenvalue weighted by Crippen LogP contribution is 2.37. The number of carbonyl (C=O) groups is 2. The first-order chi connectivity index (χ1) is 18.4. The van der Waals surface area contributed by atoms with Crippen molar-refractivity contribution >= 4 is 17.7 Å². The maximum atomic E-state index is 13.1. The van der Waals surface area contributed by atoms with Crippen molar-refractivity contribution in [1.29, 1.82) is 0 Å². The van der Waals surface area contributed by atoms with Gasteiger partial charge in [-0.3, -0.25) is 4.79 Å². The van der Waals surface area contributed by atoms with E-state index in [1.807, 2.05) is 71.3 Å². The standard InChI is InChI=1S/C32H37N3O3/c1-23-9-11-27(12-10-23)31(36)34-19-17-33(18-20-34)28-13-14-29-24(2)15-16-35(25(3)30(29)21-28)32(37)38-22-26-7-5-4-6-8-26/h4-14,21,24-25H,15-20,22H2,1-3H3/t24-,25+/m0/s1. The lowest BCUT2D eigenvalue weighted by molar-refractivity contribution is 0.0746. The summed E-state index contributed by atoms with van der Waals surface area (Å²) in [6, 6.07) is 24.2. The van der Waals surface area contributed by atoms with E-state index >= 15 is 0 Å². The Balaban J connectivity index is 1.27. The van der Waals surface area contributed by atoms with Crippen LogP contribution in [0.15, 0.2) is 72.8 Å². The first kappa shape index (κ1) is 25.8. The fourth-order valence-electron chi connectivity index (χ4n) is 5.52. The Labute approximate surface area is 225 Å². The molecule has 0 spiro atoms. The van der Waals surface area contributed by atoms with Crippen LogP contribution in [-0.2, 0) is 11.3 Å². The Morgan fingerprint density at radius 2 is 1.55 bits per heavy atom. The number of aryl methyl sites for hydroxylation is 1. The minimum atomic E-state index is -0.268. The van der Waals surface area contributed by atoms with E-state index in [2.05, 4.69) is 36.9 Å². The van der Waals surface area contributed by atoms with Crippen molar-refractivity contribution < 1.29 is 14.3 Å². The van der Waals surface area contributed by atoms with Gasteiger partial charge in [0.25, 0.3) is 5.91 Å². The zero-order chi connectivity index (χ0) is 26.6. The van der Waals surface area contributed by atoms with Gasteiger partial charge in [0, 0.05) is 44.0 Å². The van der Waals surface area contributed by atoms with Gasteiger partial charge in [0.05, 0.1) is 6.04 Å². The monoisotopic (exact) mass is 511 g/mol. The van der Waals surface area contributed by atoms with Crippen molar-refractivity contribution in [2.45, 2.75) is 45.8 Å². The van der Waals surface area contributed by atoms with Crippen LogP contribution in [0.3, 0.4) is 0 Å². The molecule has 38 heavy (non-hydrogen) atoms. The fourth-order valence-corrected chi connectivity index (χ4v) is 5.52. The van der Waals surface area contributed by atoms with Crippen molar-refractivity contribution in [3.8, 4) is 0 Å². The molecule has 0 unspecified atom stereocenters. The molecule has 6 heteroatoms. The first-order valence-electron chi connectivity index (χ1n) is 13.6. The molecule has 1 fully saturated rings. The molecule has 198 valence electrons. The Morgan fingerprint density at radius 1 is 0.842 bits per heavy atom. The summed E-state index contributed by atoms with van der Waals surface area (Å²) in [4.78, 5) is 32.3. The Morgan fingerprint density at radius 3 is 2.26 bits per heavy atom. The summed E-state index contributed by atoms with van der Waals surface area (Å²) < 4.78 is 5.71. The molecule has 2 aliphatic heterocycles. The van der Waals surface area contributed by atoms with Crippen LogP contribution >= 0.6 is 0 Å². The second-order valence-corrected chi connectivity index (χ2v) is 10.6. The third kappa shape index (κ3) is 5.54. The van der Waals surface area contributed by atoms with Gasteiger partial charge in [0.2, 0.25) is 0 Å². The van der Waals surface area contributed by atoms with Crippen LogP contribution in [0.2, 0.25) is 0 Å². The normalized spacial score (nSPS) is 19.5. The van der Waals surface area contributed by atoms with Crippen LogP contribution in [0, 0.1) is 6.92 Å². The second kappa shape index (κ2) is 11.3. The number of fused-ring (bicyclic) bond motifs is 1. The lowest BCUT2D eigenvalue weighted by Crippen LogP contribution is -2.48. The predicted octanol–water partition coefficient (Wildman–Crippen LogP) is 6.16. The van der Waals surface area contributed by atoms with E-state index < -0.39 is 0 Å². The molecule has 6 nitrogen and oxygen atoms in total. The van der Waals surface area contributed by atoms with Gasteiger partial charge in [-0.1, -0.05) is 61.0 Å². The maximum Gasteiger partial charge on any atom is 0.410 e. The van der Waals surface area contributed by atoms with E-state index in [0.717, 1.165) is 41.9 Å². The van der Waals surface area contributed by atoms with Crippen molar-refractivity contribution in [1.82, 2.24) is 9.80 Å². The van der Waals surface area contributed by atoms with Gasteiger partial charge in [-0.15, -0.1) is 0 Å². The SMILES string of the molecule is Cc1ccc(C(=O)N2CCN(c3ccc4c(c3)[C@@H](C)N(C(=O)OCc3ccccc3)CC[C@@H]4C)CC2)cc1. The van der Waals surface area contributed by atoms with Crippen LogP contribution in [-0.4, -0.2) is 54.5 Å². The summed E-state index contributed by atoms with van der Waals surface area (Å²) in [6.07, 6.45) is 0.631. The average molecular weight is 512 g/mol. The smallest absolute Gasteiger partial charge is 0.410 e. The zero-order valence-electron chi connectivity index (χ0n) is 22.6. The van der Waals surface area contributed by atoms with E-state index in [-0.39, 0.29) is 24.6 Å². The zero-order valence-corrected chi connectivity index (χ0v) is 22.6. The highest BCUT2D eigenvalue weighted by molar-refractivity contribution is 5.94. The highest BCUT2D eigenvalue weighted by Gasteiger charge is 2.31. The molecule has 0 aliphatic carbocycles. The van der Waals surface area contributed by atoms with Gasteiger partial charge >= 0.3 is 6.09 Å². The Bertz CT molecular complexity index is 1270. The molecule has 1 saturated heterocycles. The number of anilines is 1. The molecule has 0 N–H and O–H groups in total. The molecule has 2 amide bonds. The van der Waals surface area contributed by atoms with Crippen LogP contribution in [0.4, 0.5) is 10.5 Å². The Hall–Kier alpha value is -3.80. The molecule has 3 aromatic carbocycles. The van der Waals surface area contributed by atoms with Crippen molar-refractivity contribution in [2.75, 3.05) is 37.6 Å². The average Bonchev–Trinajstić information content (AvgIpc) is 3.08. The number of hydrogen-bond acceptors (Lipinski definition) is 4. The quantitative estimate of drug-likeness (QED) is 0.421. The number of hydrogen-bond donors (Lipinski definition) is 0.